The van der Waals surface area contributed by atoms with Crippen molar-refractivity contribution in [2.24, 2.45) is 0 Å². The molecule has 1 atom stereocenters. The summed E-state index contributed by atoms with van der Waals surface area (Å²) in [6, 6.07) is 5.38. The molecule has 0 bridgehead atoms. The highest BCUT2D eigenvalue weighted by molar-refractivity contribution is 5.87. The van der Waals surface area contributed by atoms with Gasteiger partial charge in [0.1, 0.15) is 5.60 Å². The van der Waals surface area contributed by atoms with Crippen molar-refractivity contribution in [2.75, 3.05) is 21.0 Å². The third kappa shape index (κ3) is 5.79. The Bertz CT molecular complexity index is 565. The Labute approximate surface area is 137 Å². The lowest BCUT2D eigenvalue weighted by Crippen LogP contribution is -2.28. The first-order valence-corrected chi connectivity index (χ1v) is 7.32. The molecule has 1 aromatic rings. The second-order valence-corrected chi connectivity index (χ2v) is 5.09. The summed E-state index contributed by atoms with van der Waals surface area (Å²) in [5.41, 5.74) is 0.272. The van der Waals surface area contributed by atoms with Crippen molar-refractivity contribution in [3.05, 3.63) is 42.5 Å². The van der Waals surface area contributed by atoms with Gasteiger partial charge < -0.3 is 18.9 Å². The fourth-order valence-corrected chi connectivity index (χ4v) is 1.69. The molecule has 0 radical (unpaired) electrons. The van der Waals surface area contributed by atoms with Gasteiger partial charge in [0.05, 0.1) is 7.11 Å². The maximum atomic E-state index is 11.2. The van der Waals surface area contributed by atoms with Gasteiger partial charge in [0.15, 0.2) is 18.3 Å². The van der Waals surface area contributed by atoms with Gasteiger partial charge in [-0.3, -0.25) is 0 Å². The smallest absolute Gasteiger partial charge is 0.330 e. The van der Waals surface area contributed by atoms with Crippen LogP contribution in [0.15, 0.2) is 36.9 Å². The zero-order chi connectivity index (χ0) is 17.3. The second-order valence-electron chi connectivity index (χ2n) is 5.09. The standard InChI is InChI=1S/C18H24O5/c1-6-18(3,7-2)23-16-12-14(9-11-17(19)21-5)8-10-15(16)22-13-20-4/h6,8-12H,1,7,13H2,2-5H3/b11-9+. The summed E-state index contributed by atoms with van der Waals surface area (Å²) in [6.07, 6.45) is 5.50. The van der Waals surface area contributed by atoms with Crippen LogP contribution in [0, 0.1) is 0 Å². The highest BCUT2D eigenvalue weighted by atomic mass is 16.7. The lowest BCUT2D eigenvalue weighted by Gasteiger charge is -2.27. The van der Waals surface area contributed by atoms with Gasteiger partial charge in [0, 0.05) is 13.2 Å². The topological polar surface area (TPSA) is 54.0 Å². The van der Waals surface area contributed by atoms with E-state index in [1.54, 1.807) is 31.4 Å². The van der Waals surface area contributed by atoms with Gasteiger partial charge in [-0.1, -0.05) is 19.6 Å². The zero-order valence-electron chi connectivity index (χ0n) is 14.1. The molecule has 23 heavy (non-hydrogen) atoms. The molecule has 5 heteroatoms. The van der Waals surface area contributed by atoms with Gasteiger partial charge in [0.2, 0.25) is 0 Å². The number of hydrogen-bond acceptors (Lipinski definition) is 5. The van der Waals surface area contributed by atoms with Crippen LogP contribution in [0.2, 0.25) is 0 Å². The number of methoxy groups -OCH3 is 2. The van der Waals surface area contributed by atoms with Gasteiger partial charge in [-0.15, -0.1) is 0 Å². The van der Waals surface area contributed by atoms with E-state index in [1.165, 1.54) is 13.2 Å². The van der Waals surface area contributed by atoms with Crippen LogP contribution in [0.1, 0.15) is 25.8 Å². The number of ether oxygens (including phenoxy) is 4. The summed E-state index contributed by atoms with van der Waals surface area (Å²) in [7, 11) is 2.88. The van der Waals surface area contributed by atoms with E-state index in [0.717, 1.165) is 12.0 Å². The van der Waals surface area contributed by atoms with Crippen LogP contribution in [0.25, 0.3) is 6.08 Å². The summed E-state index contributed by atoms with van der Waals surface area (Å²) in [6.45, 7) is 7.89. The molecular weight excluding hydrogens is 296 g/mol. The molecule has 1 unspecified atom stereocenters. The maximum Gasteiger partial charge on any atom is 0.330 e. The minimum atomic E-state index is -0.518. The molecule has 1 rings (SSSR count). The van der Waals surface area contributed by atoms with Gasteiger partial charge in [-0.25, -0.2) is 4.79 Å². The average Bonchev–Trinajstić information content (AvgIpc) is 2.58. The van der Waals surface area contributed by atoms with Crippen LogP contribution in [0.5, 0.6) is 11.5 Å². The Kier molecular flexibility index (Phi) is 7.35. The first-order chi connectivity index (χ1) is 11.0. The Morgan fingerprint density at radius 3 is 2.61 bits per heavy atom. The van der Waals surface area contributed by atoms with Crippen LogP contribution in [-0.4, -0.2) is 32.6 Å². The molecule has 0 saturated carbocycles. The molecule has 0 aliphatic carbocycles. The molecule has 0 aromatic heterocycles. The zero-order valence-corrected chi connectivity index (χ0v) is 14.1. The summed E-state index contributed by atoms with van der Waals surface area (Å²) in [5.74, 6) is 0.693. The van der Waals surface area contributed by atoms with Crippen LogP contribution in [-0.2, 0) is 14.3 Å². The molecule has 126 valence electrons. The molecule has 0 spiro atoms. The van der Waals surface area contributed by atoms with Crippen LogP contribution in [0.3, 0.4) is 0 Å². The number of hydrogen-bond donors (Lipinski definition) is 0. The summed E-state index contributed by atoms with van der Waals surface area (Å²) in [5, 5.41) is 0. The first kappa shape index (κ1) is 18.8. The number of benzene rings is 1. The molecule has 0 heterocycles. The maximum absolute atomic E-state index is 11.2. The summed E-state index contributed by atoms with van der Waals surface area (Å²) < 4.78 is 21.1. The molecule has 0 fully saturated rings. The van der Waals surface area contributed by atoms with E-state index in [2.05, 4.69) is 11.3 Å². The van der Waals surface area contributed by atoms with Gasteiger partial charge in [-0.05, 0) is 43.2 Å². The number of carbonyl (C=O) groups is 1. The minimum absolute atomic E-state index is 0.116. The van der Waals surface area contributed by atoms with E-state index in [9.17, 15) is 4.79 Å². The van der Waals surface area contributed by atoms with E-state index in [-0.39, 0.29) is 6.79 Å². The van der Waals surface area contributed by atoms with E-state index in [1.807, 2.05) is 19.9 Å². The molecule has 0 aliphatic rings. The van der Waals surface area contributed by atoms with Crippen molar-refractivity contribution >= 4 is 12.0 Å². The van der Waals surface area contributed by atoms with Crippen molar-refractivity contribution in [3.63, 3.8) is 0 Å². The highest BCUT2D eigenvalue weighted by Crippen LogP contribution is 2.33. The fraction of sp³-hybridized carbons (Fsp3) is 0.389. The minimum Gasteiger partial charge on any atom is -0.480 e. The number of esters is 1. The van der Waals surface area contributed by atoms with Crippen LogP contribution < -0.4 is 9.47 Å². The average molecular weight is 320 g/mol. The van der Waals surface area contributed by atoms with E-state index < -0.39 is 11.6 Å². The Balaban J connectivity index is 3.11. The summed E-state index contributed by atoms with van der Waals surface area (Å²) >= 11 is 0. The quantitative estimate of drug-likeness (QED) is 0.301. The van der Waals surface area contributed by atoms with Gasteiger partial charge in [0.25, 0.3) is 0 Å². The van der Waals surface area contributed by atoms with Crippen molar-refractivity contribution in [1.29, 1.82) is 0 Å². The van der Waals surface area contributed by atoms with Crippen LogP contribution >= 0.6 is 0 Å². The van der Waals surface area contributed by atoms with E-state index in [4.69, 9.17) is 14.2 Å². The molecule has 1 aromatic carbocycles. The predicted octanol–water partition coefficient (Wildman–Crippen LogP) is 3.59. The van der Waals surface area contributed by atoms with Crippen molar-refractivity contribution in [3.8, 4) is 11.5 Å². The fourth-order valence-electron chi connectivity index (χ4n) is 1.69. The Morgan fingerprint density at radius 2 is 2.04 bits per heavy atom. The summed E-state index contributed by atoms with van der Waals surface area (Å²) in [4.78, 5) is 11.2. The molecular formula is C18H24O5. The molecule has 0 amide bonds. The monoisotopic (exact) mass is 320 g/mol. The molecule has 0 saturated heterocycles. The number of carbonyl (C=O) groups excluding carboxylic acids is 1. The SMILES string of the molecule is C=CC(C)(CC)Oc1cc(/C=C/C(=O)OC)ccc1OCOC. The lowest BCUT2D eigenvalue weighted by molar-refractivity contribution is -0.134. The van der Waals surface area contributed by atoms with Crippen molar-refractivity contribution < 1.29 is 23.7 Å². The lowest BCUT2D eigenvalue weighted by atomic mass is 10.0. The Morgan fingerprint density at radius 1 is 1.30 bits per heavy atom. The molecule has 0 N–H and O–H groups in total. The predicted molar refractivity (Wildman–Crippen MR) is 89.5 cm³/mol. The van der Waals surface area contributed by atoms with E-state index >= 15 is 0 Å². The van der Waals surface area contributed by atoms with Gasteiger partial charge >= 0.3 is 5.97 Å². The highest BCUT2D eigenvalue weighted by Gasteiger charge is 2.21. The van der Waals surface area contributed by atoms with Crippen molar-refractivity contribution in [2.45, 2.75) is 25.9 Å². The largest absolute Gasteiger partial charge is 0.480 e. The molecule has 0 aliphatic heterocycles. The van der Waals surface area contributed by atoms with Gasteiger partial charge in [-0.2, -0.15) is 0 Å². The van der Waals surface area contributed by atoms with Crippen molar-refractivity contribution in [1.82, 2.24) is 0 Å². The van der Waals surface area contributed by atoms with E-state index in [0.29, 0.717) is 11.5 Å². The van der Waals surface area contributed by atoms with Crippen LogP contribution in [0.4, 0.5) is 0 Å². The number of rotatable bonds is 9. The third-order valence-electron chi connectivity index (χ3n) is 3.39. The normalized spacial score (nSPS) is 13.4. The second kappa shape index (κ2) is 9.00. The third-order valence-corrected chi connectivity index (χ3v) is 3.39. The Hall–Kier alpha value is -2.27. The molecule has 5 nitrogen and oxygen atoms in total. The first-order valence-electron chi connectivity index (χ1n) is 7.32.